The van der Waals surface area contributed by atoms with Crippen LogP contribution < -0.4 is 11.2 Å². The smallest absolute Gasteiger partial charge is 0.390 e. The number of H-pyrrole nitrogens is 1. The van der Waals surface area contributed by atoms with E-state index < -0.39 is 65.9 Å². The van der Waals surface area contributed by atoms with Gasteiger partial charge in [0.05, 0.1) is 6.10 Å². The highest BCUT2D eigenvalue weighted by molar-refractivity contribution is 7.66. The lowest BCUT2D eigenvalue weighted by atomic mass is 10.2. The highest BCUT2D eigenvalue weighted by Gasteiger charge is 2.47. The van der Waals surface area contributed by atoms with Crippen molar-refractivity contribution in [3.05, 3.63) is 32.6 Å². The number of ether oxygens (including phenoxy) is 1. The van der Waals surface area contributed by atoms with Crippen LogP contribution in [-0.4, -0.2) is 52.8 Å². The first kappa shape index (κ1) is 25.2. The Morgan fingerprint density at radius 3 is 2.37 bits per heavy atom. The molecule has 16 nitrogen and oxygen atoms in total. The van der Waals surface area contributed by atoms with E-state index in [1.807, 2.05) is 4.98 Å². The van der Waals surface area contributed by atoms with E-state index in [4.69, 9.17) is 19.4 Å². The number of aliphatic hydroxyl groups is 1. The maximum atomic E-state index is 14.3. The second kappa shape index (κ2) is 8.82. The SMILES string of the molecule is Cc1cn([C@H]2C[C@H](O)[C@@H](C(F)OP(=O)(O)OP(=O)(O)OP(=O)(O)O)O2)c(=O)[nH]c1=O. The average molecular weight is 500 g/mol. The summed E-state index contributed by atoms with van der Waals surface area (Å²) in [5.41, 5.74) is -1.56. The Morgan fingerprint density at radius 1 is 1.20 bits per heavy atom. The molecule has 6 N–H and O–H groups in total. The van der Waals surface area contributed by atoms with Gasteiger partial charge in [-0.2, -0.15) is 8.62 Å². The Morgan fingerprint density at radius 2 is 1.80 bits per heavy atom. The molecule has 6 atom stereocenters. The summed E-state index contributed by atoms with van der Waals surface area (Å²) < 4.78 is 64.3. The number of phosphoric ester groups is 1. The molecule has 0 amide bonds. The number of halogens is 1. The molecule has 1 saturated heterocycles. The zero-order valence-electron chi connectivity index (χ0n) is 14.7. The lowest BCUT2D eigenvalue weighted by molar-refractivity contribution is -0.125. The molecule has 0 saturated carbocycles. The summed E-state index contributed by atoms with van der Waals surface area (Å²) in [6.07, 6.45) is -7.37. The van der Waals surface area contributed by atoms with Crippen LogP contribution >= 0.6 is 23.5 Å². The molecule has 0 bridgehead atoms. The largest absolute Gasteiger partial charge is 0.490 e. The van der Waals surface area contributed by atoms with Crippen LogP contribution in [0.2, 0.25) is 0 Å². The minimum Gasteiger partial charge on any atom is -0.390 e. The van der Waals surface area contributed by atoms with E-state index in [2.05, 4.69) is 13.1 Å². The summed E-state index contributed by atoms with van der Waals surface area (Å²) in [6, 6.07) is 0. The summed E-state index contributed by atoms with van der Waals surface area (Å²) in [5.74, 6) is 0. The van der Waals surface area contributed by atoms with Crippen molar-refractivity contribution in [1.82, 2.24) is 9.55 Å². The molecule has 1 aromatic heterocycles. The number of aliphatic hydroxyl groups excluding tert-OH is 1. The quantitative estimate of drug-likeness (QED) is 0.238. The molecular weight excluding hydrogens is 484 g/mol. The van der Waals surface area contributed by atoms with Crippen LogP contribution in [0, 0.1) is 6.92 Å². The standard InChI is InChI=1S/C10H16FN2O14P3/c1-4-3-13(10(16)12-9(4)15)6-2-5(14)7(24-6)8(11)25-29(20,21)27-30(22,23)26-28(17,18)19/h3,5-8,14H,2H2,1H3,(H,20,21)(H,22,23)(H,12,15,16)(H2,17,18,19)/t5-,6+,7-,8?/m0/s1. The van der Waals surface area contributed by atoms with Crippen molar-refractivity contribution in [3.63, 3.8) is 0 Å². The van der Waals surface area contributed by atoms with Crippen LogP contribution in [0.25, 0.3) is 0 Å². The van der Waals surface area contributed by atoms with E-state index in [0.717, 1.165) is 10.8 Å². The molecule has 1 aliphatic rings. The van der Waals surface area contributed by atoms with Gasteiger partial charge in [0.1, 0.15) is 12.3 Å². The van der Waals surface area contributed by atoms with Crippen LogP contribution in [0.3, 0.4) is 0 Å². The van der Waals surface area contributed by atoms with Gasteiger partial charge in [-0.3, -0.25) is 14.3 Å². The van der Waals surface area contributed by atoms with Gasteiger partial charge >= 0.3 is 29.2 Å². The Labute approximate surface area is 165 Å². The van der Waals surface area contributed by atoms with Crippen molar-refractivity contribution in [2.75, 3.05) is 0 Å². The Bertz CT molecular complexity index is 1050. The fourth-order valence-electron chi connectivity index (χ4n) is 2.37. The molecule has 20 heteroatoms. The molecule has 3 unspecified atom stereocenters. The molecule has 1 fully saturated rings. The first-order valence-electron chi connectivity index (χ1n) is 7.61. The molecule has 0 radical (unpaired) electrons. The maximum Gasteiger partial charge on any atom is 0.490 e. The van der Waals surface area contributed by atoms with E-state index in [-0.39, 0.29) is 5.56 Å². The highest BCUT2D eigenvalue weighted by Crippen LogP contribution is 2.66. The third-order valence-electron chi connectivity index (χ3n) is 3.50. The van der Waals surface area contributed by atoms with Crippen LogP contribution in [0.15, 0.2) is 15.8 Å². The van der Waals surface area contributed by atoms with Gasteiger partial charge in [-0.1, -0.05) is 0 Å². The number of aromatic amines is 1. The van der Waals surface area contributed by atoms with E-state index in [1.165, 1.54) is 6.92 Å². The van der Waals surface area contributed by atoms with Gasteiger partial charge in [-0.05, 0) is 6.92 Å². The van der Waals surface area contributed by atoms with E-state index in [9.17, 15) is 37.7 Å². The predicted molar refractivity (Wildman–Crippen MR) is 90.4 cm³/mol. The Hall–Kier alpha value is -1.06. The summed E-state index contributed by atoms with van der Waals surface area (Å²) in [5, 5.41) is 9.91. The molecule has 1 aliphatic heterocycles. The second-order valence-corrected chi connectivity index (χ2v) is 10.3. The summed E-state index contributed by atoms with van der Waals surface area (Å²) in [7, 11) is -17.3. The summed E-state index contributed by atoms with van der Waals surface area (Å²) in [4.78, 5) is 60.4. The van der Waals surface area contributed by atoms with Crippen molar-refractivity contribution in [3.8, 4) is 0 Å². The van der Waals surface area contributed by atoms with Crippen LogP contribution in [0.1, 0.15) is 18.2 Å². The zero-order valence-corrected chi connectivity index (χ0v) is 17.4. The van der Waals surface area contributed by atoms with Crippen molar-refractivity contribution < 1.29 is 60.6 Å². The van der Waals surface area contributed by atoms with Gasteiger partial charge in [0.25, 0.3) is 5.56 Å². The van der Waals surface area contributed by atoms with Crippen molar-refractivity contribution in [1.29, 1.82) is 0 Å². The third-order valence-corrected chi connectivity index (χ3v) is 7.30. The molecule has 30 heavy (non-hydrogen) atoms. The fourth-order valence-corrected chi connectivity index (χ4v) is 5.40. The molecule has 172 valence electrons. The Kier molecular flexibility index (Phi) is 7.41. The number of hydrogen-bond acceptors (Lipinski definition) is 10. The highest BCUT2D eigenvalue weighted by atomic mass is 31.3. The van der Waals surface area contributed by atoms with Gasteiger partial charge < -0.3 is 29.4 Å². The molecule has 2 rings (SSSR count). The van der Waals surface area contributed by atoms with Crippen LogP contribution in [0.5, 0.6) is 0 Å². The zero-order chi connectivity index (χ0) is 23.1. The lowest BCUT2D eigenvalue weighted by Gasteiger charge is -2.22. The number of hydrogen-bond donors (Lipinski definition) is 6. The lowest BCUT2D eigenvalue weighted by Crippen LogP contribution is -2.34. The number of phosphoric acid groups is 3. The van der Waals surface area contributed by atoms with Crippen molar-refractivity contribution in [2.24, 2.45) is 0 Å². The van der Waals surface area contributed by atoms with Gasteiger partial charge in [-0.25, -0.2) is 27.4 Å². The summed E-state index contributed by atoms with van der Waals surface area (Å²) in [6.45, 7) is 1.35. The third kappa shape index (κ3) is 6.72. The number of alkyl halides is 1. The van der Waals surface area contributed by atoms with Gasteiger partial charge in [0.2, 0.25) is 6.36 Å². The normalized spacial score (nSPS) is 27.4. The average Bonchev–Trinajstić information content (AvgIpc) is 2.88. The molecule has 2 heterocycles. The van der Waals surface area contributed by atoms with Crippen LogP contribution in [0.4, 0.5) is 4.39 Å². The number of nitrogens with one attached hydrogen (secondary N) is 1. The maximum absolute atomic E-state index is 14.3. The van der Waals surface area contributed by atoms with E-state index in [0.29, 0.717) is 0 Å². The predicted octanol–water partition coefficient (Wildman–Crippen LogP) is -0.868. The summed E-state index contributed by atoms with van der Waals surface area (Å²) >= 11 is 0. The number of aryl methyl sites for hydroxylation is 1. The molecule has 0 aliphatic carbocycles. The number of nitrogens with zero attached hydrogens (tertiary/aromatic N) is 1. The minimum atomic E-state index is -5.87. The number of aromatic nitrogens is 2. The van der Waals surface area contributed by atoms with Gasteiger partial charge in [0, 0.05) is 18.2 Å². The molecule has 0 spiro atoms. The first-order chi connectivity index (χ1) is 13.5. The Balaban J connectivity index is 2.11. The topological polar surface area (TPSA) is 244 Å². The number of rotatable bonds is 8. The van der Waals surface area contributed by atoms with Gasteiger partial charge in [0.15, 0.2) is 0 Å². The van der Waals surface area contributed by atoms with Gasteiger partial charge in [-0.15, -0.1) is 0 Å². The van der Waals surface area contributed by atoms with Crippen LogP contribution in [-0.2, 0) is 31.6 Å². The van der Waals surface area contributed by atoms with E-state index in [1.54, 1.807) is 0 Å². The molecule has 0 aromatic carbocycles. The minimum absolute atomic E-state index is 0.0844. The van der Waals surface area contributed by atoms with Crippen molar-refractivity contribution >= 4 is 23.5 Å². The van der Waals surface area contributed by atoms with Crippen molar-refractivity contribution in [2.45, 2.75) is 38.1 Å². The molecular formula is C10H16FN2O14P3. The fraction of sp³-hybridized carbons (Fsp3) is 0.600. The molecule has 1 aromatic rings. The monoisotopic (exact) mass is 500 g/mol. The van der Waals surface area contributed by atoms with E-state index >= 15 is 0 Å². The first-order valence-corrected chi connectivity index (χ1v) is 12.1. The second-order valence-electron chi connectivity index (χ2n) is 5.88.